The van der Waals surface area contributed by atoms with Gasteiger partial charge in [0, 0.05) is 12.2 Å². The maximum Gasteiger partial charge on any atom is 0.268 e. The van der Waals surface area contributed by atoms with Gasteiger partial charge in [0.1, 0.15) is 18.3 Å². The molecule has 0 aromatic rings. The maximum absolute atomic E-state index is 11.6. The topological polar surface area (TPSA) is 156 Å². The average Bonchev–Trinajstić information content (AvgIpc) is 2.73. The highest BCUT2D eigenvalue weighted by Crippen LogP contribution is 2.11. The van der Waals surface area contributed by atoms with Gasteiger partial charge in [-0.3, -0.25) is 14.4 Å². The van der Waals surface area contributed by atoms with Crippen LogP contribution < -0.4 is 0 Å². The van der Waals surface area contributed by atoms with E-state index < -0.39 is 48.7 Å². The Morgan fingerprint density at radius 2 is 1.53 bits per heavy atom. The van der Waals surface area contributed by atoms with E-state index in [9.17, 15) is 29.7 Å². The van der Waals surface area contributed by atoms with Crippen molar-refractivity contribution in [3.8, 4) is 0 Å². The largest absolute Gasteiger partial charge is 0.394 e. The number of carbonyl (C=O) groups excluding carboxylic acids is 3. The Bertz CT molecular complexity index is 402. The van der Waals surface area contributed by atoms with Gasteiger partial charge in [0.2, 0.25) is 0 Å². The number of hydrogen-bond donors (Lipinski definition) is 5. The Morgan fingerprint density at radius 3 is 1.95 bits per heavy atom. The van der Waals surface area contributed by atoms with Crippen molar-refractivity contribution >= 4 is 17.7 Å². The first-order valence-electron chi connectivity index (χ1n) is 5.24. The Morgan fingerprint density at radius 1 is 1.05 bits per heavy atom. The third kappa shape index (κ3) is 3.03. The van der Waals surface area contributed by atoms with Crippen LogP contribution in [0.3, 0.4) is 0 Å². The Labute approximate surface area is 107 Å². The summed E-state index contributed by atoms with van der Waals surface area (Å²) >= 11 is 0. The molecule has 1 aliphatic rings. The lowest BCUT2D eigenvalue weighted by molar-refractivity contribution is -0.164. The number of aliphatic hydroxyl groups excluding tert-OH is 5. The molecule has 9 heteroatoms. The summed E-state index contributed by atoms with van der Waals surface area (Å²) in [5.41, 5.74) is 0. The second-order valence-electron chi connectivity index (χ2n) is 3.86. The Hall–Kier alpha value is -1.65. The van der Waals surface area contributed by atoms with E-state index in [1.54, 1.807) is 0 Å². The molecule has 0 fully saturated rings. The normalized spacial score (nSPS) is 21.4. The molecule has 106 valence electrons. The minimum atomic E-state index is -2.30. The molecule has 3 amide bonds. The summed E-state index contributed by atoms with van der Waals surface area (Å²) in [6, 6.07) is 0. The molecule has 0 saturated heterocycles. The van der Waals surface area contributed by atoms with Gasteiger partial charge < -0.3 is 25.5 Å². The molecule has 1 heterocycles. The number of aliphatic hydroxyl groups is 5. The van der Waals surface area contributed by atoms with Crippen molar-refractivity contribution in [2.24, 2.45) is 0 Å². The van der Waals surface area contributed by atoms with Crippen molar-refractivity contribution in [3.05, 3.63) is 12.2 Å². The first kappa shape index (κ1) is 15.4. The van der Waals surface area contributed by atoms with Crippen LogP contribution in [0.1, 0.15) is 0 Å². The minimum absolute atomic E-state index is 0.0892. The molecule has 1 rings (SSSR count). The fourth-order valence-electron chi connectivity index (χ4n) is 1.42. The lowest BCUT2D eigenvalue weighted by Crippen LogP contribution is -2.53. The molecule has 1 aliphatic heterocycles. The van der Waals surface area contributed by atoms with Crippen LogP contribution in [0.25, 0.3) is 0 Å². The summed E-state index contributed by atoms with van der Waals surface area (Å²) in [4.78, 5) is 34.0. The van der Waals surface area contributed by atoms with Gasteiger partial charge in [0.25, 0.3) is 17.7 Å². The van der Waals surface area contributed by atoms with Crippen molar-refractivity contribution in [2.75, 3.05) is 6.61 Å². The van der Waals surface area contributed by atoms with Crippen molar-refractivity contribution in [1.29, 1.82) is 0 Å². The van der Waals surface area contributed by atoms with Crippen molar-refractivity contribution < 1.29 is 39.9 Å². The molecule has 0 aromatic carbocycles. The van der Waals surface area contributed by atoms with Gasteiger partial charge >= 0.3 is 0 Å². The summed E-state index contributed by atoms with van der Waals surface area (Å²) in [5, 5.41) is 45.8. The third-order valence-corrected chi connectivity index (χ3v) is 2.54. The molecule has 4 atom stereocenters. The van der Waals surface area contributed by atoms with Crippen LogP contribution in [0.4, 0.5) is 0 Å². The summed E-state index contributed by atoms with van der Waals surface area (Å²) in [6.07, 6.45) is -6.68. The molecule has 0 aliphatic carbocycles. The maximum atomic E-state index is 11.6. The number of hydrogen-bond acceptors (Lipinski definition) is 8. The molecule has 9 nitrogen and oxygen atoms in total. The predicted octanol–water partition coefficient (Wildman–Crippen LogP) is -4.13. The lowest BCUT2D eigenvalue weighted by Gasteiger charge is -2.26. The van der Waals surface area contributed by atoms with Gasteiger partial charge in [0.15, 0.2) is 6.10 Å². The van der Waals surface area contributed by atoms with Crippen molar-refractivity contribution in [2.45, 2.75) is 24.4 Å². The van der Waals surface area contributed by atoms with Gasteiger partial charge in [-0.25, -0.2) is 4.90 Å². The van der Waals surface area contributed by atoms with E-state index in [2.05, 4.69) is 0 Å². The fourth-order valence-corrected chi connectivity index (χ4v) is 1.42. The summed E-state index contributed by atoms with van der Waals surface area (Å²) in [5.74, 6) is -3.41. The third-order valence-electron chi connectivity index (χ3n) is 2.54. The van der Waals surface area contributed by atoms with E-state index in [4.69, 9.17) is 10.2 Å². The van der Waals surface area contributed by atoms with Crippen molar-refractivity contribution in [3.63, 3.8) is 0 Å². The Kier molecular flexibility index (Phi) is 4.86. The van der Waals surface area contributed by atoms with E-state index in [1.807, 2.05) is 0 Å². The number of nitrogens with zero attached hydrogens (tertiary/aromatic N) is 1. The highest BCUT2D eigenvalue weighted by atomic mass is 16.4. The second kappa shape index (κ2) is 5.99. The number of rotatable bonds is 5. The van der Waals surface area contributed by atoms with E-state index in [1.165, 1.54) is 0 Å². The van der Waals surface area contributed by atoms with Gasteiger partial charge in [-0.1, -0.05) is 0 Å². The van der Waals surface area contributed by atoms with Crippen LogP contribution >= 0.6 is 0 Å². The second-order valence-corrected chi connectivity index (χ2v) is 3.86. The highest BCUT2D eigenvalue weighted by Gasteiger charge is 2.40. The van der Waals surface area contributed by atoms with E-state index in [0.717, 1.165) is 12.2 Å². The summed E-state index contributed by atoms with van der Waals surface area (Å²) in [7, 11) is 0. The molecular weight excluding hydrogens is 262 g/mol. The summed E-state index contributed by atoms with van der Waals surface area (Å²) in [6.45, 7) is -0.914. The first-order valence-corrected chi connectivity index (χ1v) is 5.24. The zero-order chi connectivity index (χ0) is 14.7. The highest BCUT2D eigenvalue weighted by molar-refractivity contribution is 6.23. The van der Waals surface area contributed by atoms with Crippen LogP contribution in [0, 0.1) is 0 Å². The first-order chi connectivity index (χ1) is 8.81. The van der Waals surface area contributed by atoms with Gasteiger partial charge in [-0.05, 0) is 0 Å². The number of amides is 3. The number of imide groups is 3. The van der Waals surface area contributed by atoms with Crippen molar-refractivity contribution in [1.82, 2.24) is 4.90 Å². The smallest absolute Gasteiger partial charge is 0.268 e. The monoisotopic (exact) mass is 275 g/mol. The Balaban J connectivity index is 2.77. The van der Waals surface area contributed by atoms with E-state index >= 15 is 0 Å². The lowest BCUT2D eigenvalue weighted by atomic mass is 10.0. The SMILES string of the molecule is O=C1C=CC(=O)N1C(=O)[C@H](O)[C@@H](O)[C@@H](O)[C@H](O)CO. The van der Waals surface area contributed by atoms with Gasteiger partial charge in [-0.15, -0.1) is 0 Å². The molecule has 19 heavy (non-hydrogen) atoms. The fraction of sp³-hybridized carbons (Fsp3) is 0.500. The average molecular weight is 275 g/mol. The quantitative estimate of drug-likeness (QED) is 0.317. The molecule has 0 bridgehead atoms. The van der Waals surface area contributed by atoms with Crippen LogP contribution in [0.15, 0.2) is 12.2 Å². The molecule has 5 N–H and O–H groups in total. The van der Waals surface area contributed by atoms with Crippen LogP contribution in [-0.4, -0.2) is 79.2 Å². The number of carbonyl (C=O) groups is 3. The van der Waals surface area contributed by atoms with Crippen LogP contribution in [0.5, 0.6) is 0 Å². The molecular formula is C10H13NO8. The zero-order valence-corrected chi connectivity index (χ0v) is 9.58. The van der Waals surface area contributed by atoms with Gasteiger partial charge in [-0.2, -0.15) is 0 Å². The molecule has 0 aromatic heterocycles. The predicted molar refractivity (Wildman–Crippen MR) is 57.1 cm³/mol. The van der Waals surface area contributed by atoms with Crippen LogP contribution in [-0.2, 0) is 14.4 Å². The van der Waals surface area contributed by atoms with Crippen LogP contribution in [0.2, 0.25) is 0 Å². The molecule has 0 radical (unpaired) electrons. The molecule has 0 saturated carbocycles. The van der Waals surface area contributed by atoms with E-state index in [0.29, 0.717) is 0 Å². The standard InChI is InChI=1S/C10H13NO8/c12-3-4(13)7(16)8(17)9(18)10(19)11-5(14)1-2-6(11)15/h1-2,4,7-9,12-13,16-18H,3H2/t4-,7+,8+,9-/m1/s1. The molecule has 0 spiro atoms. The zero-order valence-electron chi connectivity index (χ0n) is 9.58. The molecule has 0 unspecified atom stereocenters. The van der Waals surface area contributed by atoms with Gasteiger partial charge in [0.05, 0.1) is 6.61 Å². The minimum Gasteiger partial charge on any atom is -0.394 e. The summed E-state index contributed by atoms with van der Waals surface area (Å²) < 4.78 is 0. The van der Waals surface area contributed by atoms with E-state index in [-0.39, 0.29) is 4.90 Å².